The second kappa shape index (κ2) is 8.53. The molecule has 1 aromatic carbocycles. The van der Waals surface area contributed by atoms with E-state index in [1.807, 2.05) is 6.92 Å². The third kappa shape index (κ3) is 4.81. The average molecular weight is 283 g/mol. The lowest BCUT2D eigenvalue weighted by atomic mass is 10.1. The van der Waals surface area contributed by atoms with Crippen LogP contribution < -0.4 is 10.1 Å². The number of amides is 1. The molecule has 1 rings (SSSR count). The van der Waals surface area contributed by atoms with Crippen LogP contribution in [-0.2, 0) is 4.79 Å². The largest absolute Gasteiger partial charge is 0.478 e. The summed E-state index contributed by atoms with van der Waals surface area (Å²) in [6, 6.07) is 5.92. The predicted molar refractivity (Wildman–Crippen MR) is 75.0 cm³/mol. The van der Waals surface area contributed by atoms with Crippen LogP contribution in [-0.4, -0.2) is 29.8 Å². The Morgan fingerprint density at radius 2 is 2.05 bits per heavy atom. The summed E-state index contributed by atoms with van der Waals surface area (Å²) in [6.45, 7) is 3.75. The average Bonchev–Trinajstić information content (AvgIpc) is 2.45. The minimum atomic E-state index is -0.736. The van der Waals surface area contributed by atoms with Crippen molar-refractivity contribution in [2.45, 2.75) is 45.3 Å². The van der Waals surface area contributed by atoms with E-state index in [2.05, 4.69) is 5.32 Å². The molecule has 2 atom stereocenters. The van der Waals surface area contributed by atoms with Crippen LogP contribution in [0.5, 0.6) is 5.75 Å². The van der Waals surface area contributed by atoms with Gasteiger partial charge in [-0.25, -0.2) is 4.39 Å². The van der Waals surface area contributed by atoms with Gasteiger partial charge in [0.2, 0.25) is 0 Å². The van der Waals surface area contributed by atoms with Crippen molar-refractivity contribution in [1.82, 2.24) is 5.32 Å². The Labute approximate surface area is 119 Å². The van der Waals surface area contributed by atoms with E-state index in [1.54, 1.807) is 19.1 Å². The molecule has 4 nitrogen and oxygen atoms in total. The number of para-hydroxylation sites is 1. The highest BCUT2D eigenvalue weighted by Crippen LogP contribution is 2.18. The van der Waals surface area contributed by atoms with Crippen LogP contribution in [0.1, 0.15) is 33.1 Å². The summed E-state index contributed by atoms with van der Waals surface area (Å²) in [7, 11) is 0. The molecular weight excluding hydrogens is 261 g/mol. The van der Waals surface area contributed by atoms with Crippen molar-refractivity contribution >= 4 is 5.91 Å². The van der Waals surface area contributed by atoms with Crippen LogP contribution in [0.25, 0.3) is 0 Å². The molecule has 2 N–H and O–H groups in total. The van der Waals surface area contributed by atoms with Crippen LogP contribution in [0.2, 0.25) is 0 Å². The van der Waals surface area contributed by atoms with Crippen molar-refractivity contribution in [3.05, 3.63) is 30.1 Å². The maximum absolute atomic E-state index is 13.5. The first-order chi connectivity index (χ1) is 9.62. The van der Waals surface area contributed by atoms with Gasteiger partial charge in [0, 0.05) is 12.6 Å². The van der Waals surface area contributed by atoms with E-state index in [-0.39, 0.29) is 24.3 Å². The van der Waals surface area contributed by atoms with Crippen LogP contribution in [0, 0.1) is 5.82 Å². The van der Waals surface area contributed by atoms with Gasteiger partial charge in [-0.15, -0.1) is 0 Å². The molecule has 0 spiro atoms. The minimum Gasteiger partial charge on any atom is -0.478 e. The number of hydrogen-bond donors (Lipinski definition) is 2. The minimum absolute atomic E-state index is 0.0176. The van der Waals surface area contributed by atoms with Crippen molar-refractivity contribution in [3.8, 4) is 5.75 Å². The van der Waals surface area contributed by atoms with Gasteiger partial charge >= 0.3 is 0 Å². The topological polar surface area (TPSA) is 58.6 Å². The molecule has 0 aliphatic carbocycles. The number of aliphatic hydroxyl groups is 1. The molecule has 0 saturated heterocycles. The van der Waals surface area contributed by atoms with Crippen molar-refractivity contribution in [2.75, 3.05) is 6.61 Å². The molecule has 2 unspecified atom stereocenters. The highest BCUT2D eigenvalue weighted by atomic mass is 19.1. The molecule has 0 saturated carbocycles. The van der Waals surface area contributed by atoms with E-state index in [0.717, 1.165) is 6.42 Å². The number of hydrogen-bond acceptors (Lipinski definition) is 3. The smallest absolute Gasteiger partial charge is 0.261 e. The first kappa shape index (κ1) is 16.4. The Balaban J connectivity index is 2.66. The van der Waals surface area contributed by atoms with Gasteiger partial charge in [-0.3, -0.25) is 4.79 Å². The maximum Gasteiger partial charge on any atom is 0.261 e. The van der Waals surface area contributed by atoms with Crippen molar-refractivity contribution in [1.29, 1.82) is 0 Å². The third-order valence-corrected chi connectivity index (χ3v) is 3.09. The first-order valence-electron chi connectivity index (χ1n) is 6.94. The van der Waals surface area contributed by atoms with Crippen LogP contribution >= 0.6 is 0 Å². The second-order valence-corrected chi connectivity index (χ2v) is 4.57. The van der Waals surface area contributed by atoms with Gasteiger partial charge in [-0.2, -0.15) is 0 Å². The standard InChI is InChI=1S/C15H22FNO3/c1-3-11(9-10-18)17-15(19)13(4-2)20-14-8-6-5-7-12(14)16/h5-8,11,13,18H,3-4,9-10H2,1-2H3,(H,17,19). The fourth-order valence-electron chi connectivity index (χ4n) is 1.84. The van der Waals surface area contributed by atoms with Gasteiger partial charge in [0.05, 0.1) is 0 Å². The van der Waals surface area contributed by atoms with E-state index < -0.39 is 11.9 Å². The summed E-state index contributed by atoms with van der Waals surface area (Å²) < 4.78 is 18.9. The molecule has 0 aliphatic rings. The normalized spacial score (nSPS) is 13.6. The first-order valence-corrected chi connectivity index (χ1v) is 6.94. The third-order valence-electron chi connectivity index (χ3n) is 3.09. The maximum atomic E-state index is 13.5. The fourth-order valence-corrected chi connectivity index (χ4v) is 1.84. The monoisotopic (exact) mass is 283 g/mol. The molecular formula is C15H22FNO3. The highest BCUT2D eigenvalue weighted by Gasteiger charge is 2.21. The Morgan fingerprint density at radius 3 is 2.60 bits per heavy atom. The SMILES string of the molecule is CCC(CCO)NC(=O)C(CC)Oc1ccccc1F. The van der Waals surface area contributed by atoms with Gasteiger partial charge < -0.3 is 15.2 Å². The molecule has 0 radical (unpaired) electrons. The van der Waals surface area contributed by atoms with Gasteiger partial charge in [-0.05, 0) is 31.4 Å². The Kier molecular flexibility index (Phi) is 7.01. The number of carbonyl (C=O) groups is 1. The van der Waals surface area contributed by atoms with E-state index in [9.17, 15) is 9.18 Å². The quantitative estimate of drug-likeness (QED) is 0.769. The number of halogens is 1. The Bertz CT molecular complexity index is 425. The van der Waals surface area contributed by atoms with Crippen LogP contribution in [0.4, 0.5) is 4.39 Å². The van der Waals surface area contributed by atoms with E-state index >= 15 is 0 Å². The van der Waals surface area contributed by atoms with Crippen LogP contribution in [0.3, 0.4) is 0 Å². The lowest BCUT2D eigenvalue weighted by Gasteiger charge is -2.21. The number of rotatable bonds is 8. The van der Waals surface area contributed by atoms with Gasteiger partial charge in [0.1, 0.15) is 0 Å². The lowest BCUT2D eigenvalue weighted by molar-refractivity contribution is -0.129. The lowest BCUT2D eigenvalue weighted by Crippen LogP contribution is -2.43. The number of aliphatic hydroxyl groups excluding tert-OH is 1. The Hall–Kier alpha value is -1.62. The molecule has 5 heteroatoms. The summed E-state index contributed by atoms with van der Waals surface area (Å²) >= 11 is 0. The molecule has 0 bridgehead atoms. The van der Waals surface area contributed by atoms with Crippen molar-refractivity contribution in [3.63, 3.8) is 0 Å². The summed E-state index contributed by atoms with van der Waals surface area (Å²) in [4.78, 5) is 12.1. The van der Waals surface area contributed by atoms with Gasteiger partial charge in [-0.1, -0.05) is 26.0 Å². The summed E-state index contributed by atoms with van der Waals surface area (Å²) in [5.74, 6) is -0.693. The highest BCUT2D eigenvalue weighted by molar-refractivity contribution is 5.81. The van der Waals surface area contributed by atoms with E-state index in [0.29, 0.717) is 12.8 Å². The zero-order valence-electron chi connectivity index (χ0n) is 11.9. The number of ether oxygens (including phenoxy) is 1. The van der Waals surface area contributed by atoms with Crippen LogP contribution in [0.15, 0.2) is 24.3 Å². The predicted octanol–water partition coefficient (Wildman–Crippen LogP) is 2.26. The fraction of sp³-hybridized carbons (Fsp3) is 0.533. The Morgan fingerprint density at radius 1 is 1.35 bits per heavy atom. The molecule has 20 heavy (non-hydrogen) atoms. The molecule has 0 fully saturated rings. The number of benzene rings is 1. The van der Waals surface area contributed by atoms with Gasteiger partial charge in [0.25, 0.3) is 5.91 Å². The van der Waals surface area contributed by atoms with E-state index in [1.165, 1.54) is 12.1 Å². The zero-order valence-corrected chi connectivity index (χ0v) is 11.9. The molecule has 0 aromatic heterocycles. The van der Waals surface area contributed by atoms with Crippen molar-refractivity contribution in [2.24, 2.45) is 0 Å². The molecule has 112 valence electrons. The molecule has 0 aliphatic heterocycles. The van der Waals surface area contributed by atoms with Gasteiger partial charge in [0.15, 0.2) is 17.7 Å². The summed E-state index contributed by atoms with van der Waals surface area (Å²) in [5, 5.41) is 11.7. The second-order valence-electron chi connectivity index (χ2n) is 4.57. The van der Waals surface area contributed by atoms with Crippen molar-refractivity contribution < 1.29 is 19.0 Å². The zero-order chi connectivity index (χ0) is 15.0. The summed E-state index contributed by atoms with van der Waals surface area (Å²) in [5.41, 5.74) is 0. The molecule has 1 amide bonds. The summed E-state index contributed by atoms with van der Waals surface area (Å²) in [6.07, 6.45) is 0.927. The van der Waals surface area contributed by atoms with E-state index in [4.69, 9.17) is 9.84 Å². The molecule has 1 aromatic rings. The number of nitrogens with one attached hydrogen (secondary N) is 1. The number of carbonyl (C=O) groups excluding carboxylic acids is 1. The molecule has 0 heterocycles.